The second kappa shape index (κ2) is 8.02. The van der Waals surface area contributed by atoms with Crippen molar-refractivity contribution in [1.29, 1.82) is 0 Å². The van der Waals surface area contributed by atoms with E-state index in [9.17, 15) is 9.59 Å². The maximum atomic E-state index is 12.5. The first-order valence-corrected chi connectivity index (χ1v) is 9.59. The van der Waals surface area contributed by atoms with Crippen LogP contribution in [0.2, 0.25) is 0 Å². The van der Waals surface area contributed by atoms with Gasteiger partial charge in [-0.15, -0.1) is 0 Å². The summed E-state index contributed by atoms with van der Waals surface area (Å²) in [6, 6.07) is 5.89. The van der Waals surface area contributed by atoms with Crippen molar-refractivity contribution >= 4 is 11.8 Å². The van der Waals surface area contributed by atoms with Gasteiger partial charge in [0.05, 0.1) is 0 Å². The standard InChI is InChI=1S/C21H29N3O2/c1-17(2)14-20(26)23-12-5-9-21(15-23)10-7-19(25)24(16-21)13-8-18-6-3-4-11-22-18/h3-4,6,11,14H,5,7-10,12-13,15-16H2,1-2H3/t21-/m1/s1. The van der Waals surface area contributed by atoms with Gasteiger partial charge in [-0.2, -0.15) is 0 Å². The van der Waals surface area contributed by atoms with Crippen LogP contribution in [0.25, 0.3) is 0 Å². The second-order valence-electron chi connectivity index (χ2n) is 7.97. The summed E-state index contributed by atoms with van der Waals surface area (Å²) < 4.78 is 0. The van der Waals surface area contributed by atoms with Gasteiger partial charge in [0, 0.05) is 62.4 Å². The van der Waals surface area contributed by atoms with Crippen LogP contribution in [0.1, 0.15) is 45.2 Å². The van der Waals surface area contributed by atoms with Gasteiger partial charge in [-0.1, -0.05) is 11.6 Å². The highest BCUT2D eigenvalue weighted by Crippen LogP contribution is 2.39. The lowest BCUT2D eigenvalue weighted by molar-refractivity contribution is -0.141. The molecule has 5 heteroatoms. The van der Waals surface area contributed by atoms with Crippen molar-refractivity contribution in [2.75, 3.05) is 26.2 Å². The molecule has 5 nitrogen and oxygen atoms in total. The second-order valence-corrected chi connectivity index (χ2v) is 7.97. The molecule has 1 aromatic rings. The van der Waals surface area contributed by atoms with E-state index < -0.39 is 0 Å². The topological polar surface area (TPSA) is 53.5 Å². The summed E-state index contributed by atoms with van der Waals surface area (Å²) in [5, 5.41) is 0. The van der Waals surface area contributed by atoms with Gasteiger partial charge in [0.1, 0.15) is 0 Å². The maximum Gasteiger partial charge on any atom is 0.246 e. The number of carbonyl (C=O) groups excluding carboxylic acids is 2. The van der Waals surface area contributed by atoms with E-state index in [1.54, 1.807) is 12.3 Å². The van der Waals surface area contributed by atoms with Crippen molar-refractivity contribution in [2.45, 2.75) is 46.0 Å². The Morgan fingerprint density at radius 3 is 2.85 bits per heavy atom. The molecule has 0 N–H and O–H groups in total. The predicted octanol–water partition coefficient (Wildman–Crippen LogP) is 2.82. The molecule has 2 saturated heterocycles. The van der Waals surface area contributed by atoms with E-state index in [-0.39, 0.29) is 17.2 Å². The van der Waals surface area contributed by atoms with Crippen molar-refractivity contribution in [2.24, 2.45) is 5.41 Å². The van der Waals surface area contributed by atoms with Gasteiger partial charge in [0.25, 0.3) is 0 Å². The number of piperidine rings is 2. The number of likely N-dealkylation sites (tertiary alicyclic amines) is 2. The van der Waals surface area contributed by atoms with Crippen molar-refractivity contribution in [3.8, 4) is 0 Å². The number of pyridine rings is 1. The first kappa shape index (κ1) is 18.6. The minimum Gasteiger partial charge on any atom is -0.342 e. The molecule has 2 aliphatic heterocycles. The first-order chi connectivity index (χ1) is 12.5. The lowest BCUT2D eigenvalue weighted by Crippen LogP contribution is -2.55. The molecule has 2 fully saturated rings. The van der Waals surface area contributed by atoms with Crippen LogP contribution in [-0.4, -0.2) is 52.8 Å². The first-order valence-electron chi connectivity index (χ1n) is 9.59. The van der Waals surface area contributed by atoms with E-state index in [4.69, 9.17) is 0 Å². The third kappa shape index (κ3) is 4.51. The number of carbonyl (C=O) groups is 2. The maximum absolute atomic E-state index is 12.5. The molecule has 2 aliphatic rings. The molecule has 140 valence electrons. The van der Waals surface area contributed by atoms with Crippen LogP contribution in [0.4, 0.5) is 0 Å². The van der Waals surface area contributed by atoms with Crippen LogP contribution in [0.3, 0.4) is 0 Å². The lowest BCUT2D eigenvalue weighted by Gasteiger charge is -2.48. The number of nitrogens with zero attached hydrogens (tertiary/aromatic N) is 3. The zero-order chi connectivity index (χ0) is 18.6. The third-order valence-electron chi connectivity index (χ3n) is 5.50. The van der Waals surface area contributed by atoms with Crippen molar-refractivity contribution in [3.63, 3.8) is 0 Å². The Morgan fingerprint density at radius 1 is 1.27 bits per heavy atom. The summed E-state index contributed by atoms with van der Waals surface area (Å²) in [7, 11) is 0. The minimum absolute atomic E-state index is 0.0570. The van der Waals surface area contributed by atoms with Gasteiger partial charge < -0.3 is 9.80 Å². The Balaban J connectivity index is 1.65. The van der Waals surface area contributed by atoms with Crippen molar-refractivity contribution in [3.05, 3.63) is 41.7 Å². The van der Waals surface area contributed by atoms with Crippen LogP contribution in [-0.2, 0) is 16.0 Å². The molecule has 3 rings (SSSR count). The van der Waals surface area contributed by atoms with Crippen LogP contribution < -0.4 is 0 Å². The number of aromatic nitrogens is 1. The Labute approximate surface area is 156 Å². The number of rotatable bonds is 4. The van der Waals surface area contributed by atoms with Crippen LogP contribution >= 0.6 is 0 Å². The largest absolute Gasteiger partial charge is 0.342 e. The molecule has 1 aromatic heterocycles. The molecule has 26 heavy (non-hydrogen) atoms. The highest BCUT2D eigenvalue weighted by Gasteiger charge is 2.42. The zero-order valence-corrected chi connectivity index (χ0v) is 15.9. The fourth-order valence-electron chi connectivity index (χ4n) is 4.17. The molecular weight excluding hydrogens is 326 g/mol. The van der Waals surface area contributed by atoms with Crippen molar-refractivity contribution < 1.29 is 9.59 Å². The molecular formula is C21H29N3O2. The summed E-state index contributed by atoms with van der Waals surface area (Å²) in [5.74, 6) is 0.348. The molecule has 0 bridgehead atoms. The average Bonchev–Trinajstić information content (AvgIpc) is 2.63. The van der Waals surface area contributed by atoms with E-state index >= 15 is 0 Å². The molecule has 0 saturated carbocycles. The fourth-order valence-corrected chi connectivity index (χ4v) is 4.17. The number of amides is 2. The van der Waals surface area contributed by atoms with Gasteiger partial charge in [0.2, 0.25) is 11.8 Å². The quantitative estimate of drug-likeness (QED) is 0.781. The third-order valence-corrected chi connectivity index (χ3v) is 5.50. The highest BCUT2D eigenvalue weighted by molar-refractivity contribution is 5.88. The number of allylic oxidation sites excluding steroid dienone is 1. The van der Waals surface area contributed by atoms with Crippen LogP contribution in [0.5, 0.6) is 0 Å². The highest BCUT2D eigenvalue weighted by atomic mass is 16.2. The van der Waals surface area contributed by atoms with Crippen LogP contribution in [0, 0.1) is 5.41 Å². The smallest absolute Gasteiger partial charge is 0.246 e. The van der Waals surface area contributed by atoms with Gasteiger partial charge in [0.15, 0.2) is 0 Å². The normalized spacial score (nSPS) is 23.2. The molecule has 1 atom stereocenters. The fraction of sp³-hybridized carbons (Fsp3) is 0.571. The predicted molar refractivity (Wildman–Crippen MR) is 101 cm³/mol. The minimum atomic E-state index is 0.0570. The lowest BCUT2D eigenvalue weighted by atomic mass is 9.73. The van der Waals surface area contributed by atoms with Crippen LogP contribution in [0.15, 0.2) is 36.0 Å². The van der Waals surface area contributed by atoms with Gasteiger partial charge in [-0.3, -0.25) is 14.6 Å². The Bertz CT molecular complexity index is 682. The molecule has 2 amide bonds. The molecule has 0 unspecified atom stereocenters. The summed E-state index contributed by atoms with van der Waals surface area (Å²) in [6.45, 7) is 6.97. The summed E-state index contributed by atoms with van der Waals surface area (Å²) in [6.07, 6.45) is 7.90. The number of hydrogen-bond donors (Lipinski definition) is 0. The SMILES string of the molecule is CC(C)=CC(=O)N1CCC[C@@]2(CCC(=O)N(CCc3ccccn3)C2)C1. The molecule has 0 aliphatic carbocycles. The Kier molecular flexibility index (Phi) is 5.74. The summed E-state index contributed by atoms with van der Waals surface area (Å²) in [4.78, 5) is 33.2. The van der Waals surface area contributed by atoms with E-state index in [0.717, 1.165) is 56.6 Å². The van der Waals surface area contributed by atoms with E-state index in [0.29, 0.717) is 13.0 Å². The molecule has 0 radical (unpaired) electrons. The van der Waals surface area contributed by atoms with Gasteiger partial charge in [-0.25, -0.2) is 0 Å². The zero-order valence-electron chi connectivity index (χ0n) is 15.9. The molecule has 0 aromatic carbocycles. The summed E-state index contributed by atoms with van der Waals surface area (Å²) >= 11 is 0. The Hall–Kier alpha value is -2.17. The monoisotopic (exact) mass is 355 g/mol. The average molecular weight is 355 g/mol. The molecule has 1 spiro atoms. The van der Waals surface area contributed by atoms with E-state index in [2.05, 4.69) is 4.98 Å². The summed E-state index contributed by atoms with van der Waals surface area (Å²) in [5.41, 5.74) is 2.11. The Morgan fingerprint density at radius 2 is 2.12 bits per heavy atom. The van der Waals surface area contributed by atoms with E-state index in [1.807, 2.05) is 41.8 Å². The number of hydrogen-bond acceptors (Lipinski definition) is 3. The van der Waals surface area contributed by atoms with Gasteiger partial charge in [-0.05, 0) is 45.2 Å². The van der Waals surface area contributed by atoms with Gasteiger partial charge >= 0.3 is 0 Å². The molecule has 3 heterocycles. The van der Waals surface area contributed by atoms with Crippen molar-refractivity contribution in [1.82, 2.24) is 14.8 Å². The van der Waals surface area contributed by atoms with E-state index in [1.165, 1.54) is 0 Å².